The Bertz CT molecular complexity index is 621. The van der Waals surface area contributed by atoms with E-state index < -0.39 is 0 Å². The predicted octanol–water partition coefficient (Wildman–Crippen LogP) is 2.16. The number of hydrogen-bond acceptors (Lipinski definition) is 4. The Balaban J connectivity index is 2.03. The number of methoxy groups -OCH3 is 1. The Morgan fingerprint density at radius 2 is 1.90 bits per heavy atom. The Hall–Kier alpha value is -2.82. The molecule has 2 aromatic rings. The number of carbonyl (C=O) groups is 1. The Labute approximate surface area is 116 Å². The summed E-state index contributed by atoms with van der Waals surface area (Å²) in [6.07, 6.45) is 1.49. The minimum atomic E-state index is -0.350. The van der Waals surface area contributed by atoms with Crippen molar-refractivity contribution >= 4 is 12.1 Å². The van der Waals surface area contributed by atoms with Crippen molar-refractivity contribution in [1.82, 2.24) is 5.43 Å². The molecule has 102 valence electrons. The average Bonchev–Trinajstić information content (AvgIpc) is 2.49. The van der Waals surface area contributed by atoms with Gasteiger partial charge in [0, 0.05) is 0 Å². The van der Waals surface area contributed by atoms with E-state index in [2.05, 4.69) is 10.5 Å². The molecule has 0 saturated carbocycles. The lowest BCUT2D eigenvalue weighted by Crippen LogP contribution is -2.18. The van der Waals surface area contributed by atoms with Crippen LogP contribution in [0.3, 0.4) is 0 Å². The van der Waals surface area contributed by atoms with E-state index in [4.69, 9.17) is 9.84 Å². The second-order valence-electron chi connectivity index (χ2n) is 3.99. The molecule has 0 bridgehead atoms. The molecular weight excluding hydrogens is 256 g/mol. The van der Waals surface area contributed by atoms with Gasteiger partial charge in [0.25, 0.3) is 5.91 Å². The monoisotopic (exact) mass is 270 g/mol. The highest BCUT2D eigenvalue weighted by Crippen LogP contribution is 2.16. The van der Waals surface area contributed by atoms with Crippen LogP contribution in [0.15, 0.2) is 53.6 Å². The van der Waals surface area contributed by atoms with E-state index >= 15 is 0 Å². The zero-order valence-corrected chi connectivity index (χ0v) is 10.9. The van der Waals surface area contributed by atoms with Crippen molar-refractivity contribution in [2.45, 2.75) is 0 Å². The molecule has 0 atom stereocenters. The highest BCUT2D eigenvalue weighted by atomic mass is 16.5. The number of nitrogens with zero attached hydrogens (tertiary/aromatic N) is 1. The van der Waals surface area contributed by atoms with Crippen molar-refractivity contribution < 1.29 is 14.6 Å². The summed E-state index contributed by atoms with van der Waals surface area (Å²) in [4.78, 5) is 11.9. The maximum absolute atomic E-state index is 11.9. The lowest BCUT2D eigenvalue weighted by Gasteiger charge is -2.05. The molecule has 5 heteroatoms. The van der Waals surface area contributed by atoms with Crippen LogP contribution in [0.2, 0.25) is 0 Å². The van der Waals surface area contributed by atoms with Crippen LogP contribution in [0.25, 0.3) is 0 Å². The number of benzene rings is 2. The Kier molecular flexibility index (Phi) is 4.34. The number of hydrazone groups is 1. The lowest BCUT2D eigenvalue weighted by molar-refractivity contribution is 0.0952. The summed E-state index contributed by atoms with van der Waals surface area (Å²) in [5.74, 6) is 0.322. The first-order valence-electron chi connectivity index (χ1n) is 5.96. The summed E-state index contributed by atoms with van der Waals surface area (Å²) in [5, 5.41) is 13.0. The van der Waals surface area contributed by atoms with Crippen molar-refractivity contribution in [3.63, 3.8) is 0 Å². The van der Waals surface area contributed by atoms with Gasteiger partial charge in [-0.15, -0.1) is 0 Å². The van der Waals surface area contributed by atoms with Crippen molar-refractivity contribution in [2.24, 2.45) is 5.10 Å². The van der Waals surface area contributed by atoms with Gasteiger partial charge < -0.3 is 9.84 Å². The molecule has 0 radical (unpaired) electrons. The zero-order valence-electron chi connectivity index (χ0n) is 10.9. The second-order valence-corrected chi connectivity index (χ2v) is 3.99. The predicted molar refractivity (Wildman–Crippen MR) is 76.2 cm³/mol. The third kappa shape index (κ3) is 3.35. The molecule has 0 aliphatic carbocycles. The van der Waals surface area contributed by atoms with Crippen LogP contribution in [-0.4, -0.2) is 24.3 Å². The van der Waals surface area contributed by atoms with Crippen molar-refractivity contribution in [3.8, 4) is 11.5 Å². The smallest absolute Gasteiger partial charge is 0.275 e. The van der Waals surface area contributed by atoms with Gasteiger partial charge in [-0.3, -0.25) is 4.79 Å². The van der Waals surface area contributed by atoms with Gasteiger partial charge in [-0.2, -0.15) is 5.10 Å². The molecule has 2 rings (SSSR count). The SMILES string of the molecule is COc1ccccc1C(=O)NN=Cc1ccc(O)cc1. The number of nitrogens with one attached hydrogen (secondary N) is 1. The number of phenols is 1. The molecule has 0 spiro atoms. The second kappa shape index (κ2) is 6.38. The lowest BCUT2D eigenvalue weighted by atomic mass is 10.2. The molecule has 2 N–H and O–H groups in total. The van der Waals surface area contributed by atoms with Crippen LogP contribution in [0.1, 0.15) is 15.9 Å². The summed E-state index contributed by atoms with van der Waals surface area (Å²) < 4.78 is 5.10. The normalized spacial score (nSPS) is 10.4. The molecule has 0 fully saturated rings. The molecule has 0 aliphatic heterocycles. The molecule has 0 unspecified atom stereocenters. The third-order valence-electron chi connectivity index (χ3n) is 2.62. The van der Waals surface area contributed by atoms with Crippen molar-refractivity contribution in [3.05, 3.63) is 59.7 Å². The third-order valence-corrected chi connectivity index (χ3v) is 2.62. The van der Waals surface area contributed by atoms with Gasteiger partial charge in [0.1, 0.15) is 11.5 Å². The summed E-state index contributed by atoms with van der Waals surface area (Å²) in [5.41, 5.74) is 3.61. The summed E-state index contributed by atoms with van der Waals surface area (Å²) in [6, 6.07) is 13.4. The molecule has 0 aliphatic rings. The van der Waals surface area contributed by atoms with Crippen LogP contribution < -0.4 is 10.2 Å². The topological polar surface area (TPSA) is 70.9 Å². The number of hydrogen-bond donors (Lipinski definition) is 2. The standard InChI is InChI=1S/C15H14N2O3/c1-20-14-5-3-2-4-13(14)15(19)17-16-10-11-6-8-12(18)9-7-11/h2-10,18H,1H3,(H,17,19). The van der Waals surface area contributed by atoms with Gasteiger partial charge >= 0.3 is 0 Å². The molecular formula is C15H14N2O3. The van der Waals surface area contributed by atoms with Crippen LogP contribution >= 0.6 is 0 Å². The zero-order chi connectivity index (χ0) is 14.4. The summed E-state index contributed by atoms with van der Waals surface area (Å²) >= 11 is 0. The van der Waals surface area contributed by atoms with Crippen LogP contribution in [-0.2, 0) is 0 Å². The van der Waals surface area contributed by atoms with Gasteiger partial charge in [-0.1, -0.05) is 12.1 Å². The molecule has 0 saturated heterocycles. The minimum absolute atomic E-state index is 0.181. The van der Waals surface area contributed by atoms with Gasteiger partial charge in [0.15, 0.2) is 0 Å². The van der Waals surface area contributed by atoms with Gasteiger partial charge in [-0.05, 0) is 42.0 Å². The molecule has 1 amide bonds. The van der Waals surface area contributed by atoms with Crippen molar-refractivity contribution in [1.29, 1.82) is 0 Å². The number of aromatic hydroxyl groups is 1. The van der Waals surface area contributed by atoms with Crippen LogP contribution in [0.5, 0.6) is 11.5 Å². The van der Waals surface area contributed by atoms with E-state index in [9.17, 15) is 4.79 Å². The molecule has 2 aromatic carbocycles. The van der Waals surface area contributed by atoms with Crippen molar-refractivity contribution in [2.75, 3.05) is 7.11 Å². The number of carbonyl (C=O) groups excluding carboxylic acids is 1. The fourth-order valence-electron chi connectivity index (χ4n) is 1.62. The average molecular weight is 270 g/mol. The first-order valence-corrected chi connectivity index (χ1v) is 5.96. The molecule has 5 nitrogen and oxygen atoms in total. The quantitative estimate of drug-likeness (QED) is 0.660. The fourth-order valence-corrected chi connectivity index (χ4v) is 1.62. The van der Waals surface area contributed by atoms with Crippen LogP contribution in [0, 0.1) is 0 Å². The van der Waals surface area contributed by atoms with E-state index in [1.54, 1.807) is 48.5 Å². The minimum Gasteiger partial charge on any atom is -0.508 e. The first-order chi connectivity index (χ1) is 9.70. The number of amides is 1. The van der Waals surface area contributed by atoms with Crippen LogP contribution in [0.4, 0.5) is 0 Å². The van der Waals surface area contributed by atoms with Gasteiger partial charge in [-0.25, -0.2) is 5.43 Å². The maximum atomic E-state index is 11.9. The first kappa shape index (κ1) is 13.6. The number of ether oxygens (including phenoxy) is 1. The van der Waals surface area contributed by atoms with E-state index in [1.807, 2.05) is 0 Å². The molecule has 0 heterocycles. The highest BCUT2D eigenvalue weighted by molar-refractivity contribution is 5.97. The van der Waals surface area contributed by atoms with E-state index in [1.165, 1.54) is 13.3 Å². The highest BCUT2D eigenvalue weighted by Gasteiger charge is 2.09. The largest absolute Gasteiger partial charge is 0.508 e. The molecule has 20 heavy (non-hydrogen) atoms. The van der Waals surface area contributed by atoms with Gasteiger partial charge in [0.2, 0.25) is 0 Å². The fraction of sp³-hybridized carbons (Fsp3) is 0.0667. The number of rotatable bonds is 4. The summed E-state index contributed by atoms with van der Waals surface area (Å²) in [7, 11) is 1.51. The maximum Gasteiger partial charge on any atom is 0.275 e. The van der Waals surface area contributed by atoms with E-state index in [-0.39, 0.29) is 11.7 Å². The Morgan fingerprint density at radius 3 is 2.60 bits per heavy atom. The Morgan fingerprint density at radius 1 is 1.20 bits per heavy atom. The number of para-hydroxylation sites is 1. The van der Waals surface area contributed by atoms with E-state index in [0.29, 0.717) is 11.3 Å². The van der Waals surface area contributed by atoms with E-state index in [0.717, 1.165) is 5.56 Å². The number of phenolic OH excluding ortho intramolecular Hbond substituents is 1. The molecule has 0 aromatic heterocycles. The summed E-state index contributed by atoms with van der Waals surface area (Å²) in [6.45, 7) is 0. The van der Waals surface area contributed by atoms with Gasteiger partial charge in [0.05, 0.1) is 18.9 Å².